The second-order valence-electron chi connectivity index (χ2n) is 5.63. The number of rotatable bonds is 6. The summed E-state index contributed by atoms with van der Waals surface area (Å²) >= 11 is 3.68. The number of amides is 2. The Balaban J connectivity index is 1.62. The quantitative estimate of drug-likeness (QED) is 0.282. The molecule has 0 spiro atoms. The fraction of sp³-hybridized carbons (Fsp3) is 0.353. The van der Waals surface area contributed by atoms with Gasteiger partial charge in [0.2, 0.25) is 0 Å². The molecule has 0 unspecified atom stereocenters. The standard InChI is InChI=1S/C17H17IN2O5S/c1-24-17(23)14-10(7-18)9-26-16-13(15(22)20(14)16)19-12(21)8-25-11-5-3-2-4-6-11/h2-6,13,16H,7-9H2,1H3,(H,19,21)/t13-,16-/m1/s1. The number of methoxy groups -OCH3 is 1. The van der Waals surface area contributed by atoms with Gasteiger partial charge in [-0.15, -0.1) is 11.8 Å². The minimum atomic E-state index is -0.665. The number of thioether (sulfide) groups is 1. The van der Waals surface area contributed by atoms with Gasteiger partial charge in [0.15, 0.2) is 6.61 Å². The number of ether oxygens (including phenoxy) is 2. The molecule has 1 N–H and O–H groups in total. The van der Waals surface area contributed by atoms with Gasteiger partial charge in [-0.05, 0) is 17.7 Å². The fourth-order valence-electron chi connectivity index (χ4n) is 2.75. The minimum Gasteiger partial charge on any atom is -0.484 e. The molecule has 2 amide bonds. The van der Waals surface area contributed by atoms with Crippen LogP contribution >= 0.6 is 34.4 Å². The van der Waals surface area contributed by atoms with Crippen LogP contribution in [0.2, 0.25) is 0 Å². The average molecular weight is 488 g/mol. The zero-order valence-electron chi connectivity index (χ0n) is 13.9. The van der Waals surface area contributed by atoms with Crippen molar-refractivity contribution in [2.24, 2.45) is 0 Å². The first kappa shape index (κ1) is 19.0. The van der Waals surface area contributed by atoms with Crippen molar-refractivity contribution in [1.29, 1.82) is 0 Å². The van der Waals surface area contributed by atoms with Crippen molar-refractivity contribution >= 4 is 52.1 Å². The van der Waals surface area contributed by atoms with Crippen LogP contribution in [-0.4, -0.2) is 58.0 Å². The van der Waals surface area contributed by atoms with Gasteiger partial charge >= 0.3 is 5.97 Å². The summed E-state index contributed by atoms with van der Waals surface area (Å²) in [6.07, 6.45) is 0. The average Bonchev–Trinajstić information content (AvgIpc) is 2.69. The number of fused-ring (bicyclic) bond motifs is 1. The van der Waals surface area contributed by atoms with E-state index in [1.165, 1.54) is 23.8 Å². The van der Waals surface area contributed by atoms with Gasteiger partial charge in [0.05, 0.1) is 7.11 Å². The molecule has 9 heteroatoms. The summed E-state index contributed by atoms with van der Waals surface area (Å²) in [5.74, 6) is -0.00515. The van der Waals surface area contributed by atoms with Crippen molar-refractivity contribution in [1.82, 2.24) is 10.2 Å². The first-order valence-corrected chi connectivity index (χ1v) is 10.4. The fourth-order valence-corrected chi connectivity index (χ4v) is 5.09. The Morgan fingerprint density at radius 1 is 1.35 bits per heavy atom. The van der Waals surface area contributed by atoms with E-state index in [4.69, 9.17) is 9.47 Å². The molecule has 0 aliphatic carbocycles. The first-order valence-electron chi connectivity index (χ1n) is 7.85. The summed E-state index contributed by atoms with van der Waals surface area (Å²) in [6.45, 7) is -0.177. The molecule has 1 aromatic carbocycles. The number of nitrogens with one attached hydrogen (secondary N) is 1. The zero-order valence-corrected chi connectivity index (χ0v) is 16.9. The molecule has 1 aromatic rings. The van der Waals surface area contributed by atoms with Crippen molar-refractivity contribution < 1.29 is 23.9 Å². The van der Waals surface area contributed by atoms with Crippen LogP contribution in [0.4, 0.5) is 0 Å². The van der Waals surface area contributed by atoms with Gasteiger partial charge < -0.3 is 14.8 Å². The van der Waals surface area contributed by atoms with Crippen LogP contribution in [0.5, 0.6) is 5.75 Å². The zero-order chi connectivity index (χ0) is 18.7. The molecule has 2 aliphatic rings. The van der Waals surface area contributed by atoms with Gasteiger partial charge in [-0.2, -0.15) is 0 Å². The van der Waals surface area contributed by atoms with Crippen LogP contribution < -0.4 is 10.1 Å². The summed E-state index contributed by atoms with van der Waals surface area (Å²) < 4.78 is 10.8. The molecule has 0 aromatic heterocycles. The number of halogens is 1. The SMILES string of the molecule is COC(=O)C1=C(CI)CS[C@@H]2[C@H](NC(=O)COc3ccccc3)C(=O)N12. The smallest absolute Gasteiger partial charge is 0.354 e. The number of carbonyl (C=O) groups excluding carboxylic acids is 3. The van der Waals surface area contributed by atoms with Crippen LogP contribution in [0.15, 0.2) is 41.6 Å². The summed E-state index contributed by atoms with van der Waals surface area (Å²) in [6, 6.07) is 8.31. The summed E-state index contributed by atoms with van der Waals surface area (Å²) in [7, 11) is 1.29. The lowest BCUT2D eigenvalue weighted by molar-refractivity contribution is -0.152. The monoisotopic (exact) mass is 488 g/mol. The third kappa shape index (κ3) is 3.68. The number of hydrogen-bond donors (Lipinski definition) is 1. The maximum atomic E-state index is 12.5. The number of esters is 1. The van der Waals surface area contributed by atoms with E-state index >= 15 is 0 Å². The number of carbonyl (C=O) groups is 3. The molecule has 2 heterocycles. The minimum absolute atomic E-state index is 0.177. The summed E-state index contributed by atoms with van der Waals surface area (Å²) in [5, 5.41) is 2.39. The summed E-state index contributed by atoms with van der Waals surface area (Å²) in [5.41, 5.74) is 1.17. The molecular formula is C17H17IN2O5S. The number of hydrogen-bond acceptors (Lipinski definition) is 6. The van der Waals surface area contributed by atoms with Crippen molar-refractivity contribution in [2.45, 2.75) is 11.4 Å². The molecular weight excluding hydrogens is 471 g/mol. The third-order valence-corrected chi connectivity index (χ3v) is 6.28. The molecule has 26 heavy (non-hydrogen) atoms. The van der Waals surface area contributed by atoms with E-state index in [1.54, 1.807) is 12.1 Å². The highest BCUT2D eigenvalue weighted by molar-refractivity contribution is 14.1. The molecule has 2 aliphatic heterocycles. The van der Waals surface area contributed by atoms with Gasteiger partial charge in [-0.25, -0.2) is 4.79 Å². The Labute approximate surface area is 168 Å². The molecule has 0 bridgehead atoms. The van der Waals surface area contributed by atoms with Crippen LogP contribution in [0.25, 0.3) is 0 Å². The predicted octanol–water partition coefficient (Wildman–Crippen LogP) is 1.33. The largest absolute Gasteiger partial charge is 0.484 e. The van der Waals surface area contributed by atoms with Crippen molar-refractivity contribution in [3.63, 3.8) is 0 Å². The molecule has 0 saturated carbocycles. The Morgan fingerprint density at radius 2 is 2.08 bits per heavy atom. The maximum absolute atomic E-state index is 12.5. The van der Waals surface area contributed by atoms with E-state index in [2.05, 4.69) is 27.9 Å². The van der Waals surface area contributed by atoms with Gasteiger partial charge in [0.25, 0.3) is 11.8 Å². The van der Waals surface area contributed by atoms with E-state index in [0.717, 1.165) is 5.57 Å². The normalized spacial score (nSPS) is 21.6. The lowest BCUT2D eigenvalue weighted by Gasteiger charge is -2.49. The van der Waals surface area contributed by atoms with Crippen LogP contribution in [0.3, 0.4) is 0 Å². The van der Waals surface area contributed by atoms with E-state index in [-0.39, 0.29) is 23.8 Å². The number of alkyl halides is 1. The second kappa shape index (κ2) is 8.30. The molecule has 0 radical (unpaired) electrons. The van der Waals surface area contributed by atoms with Crippen LogP contribution in [0.1, 0.15) is 0 Å². The first-order chi connectivity index (χ1) is 12.6. The van der Waals surface area contributed by atoms with E-state index in [1.807, 2.05) is 18.2 Å². The molecule has 3 rings (SSSR count). The molecule has 7 nitrogen and oxygen atoms in total. The van der Waals surface area contributed by atoms with Gasteiger partial charge in [0.1, 0.15) is 22.9 Å². The summed E-state index contributed by atoms with van der Waals surface area (Å²) in [4.78, 5) is 38.1. The topological polar surface area (TPSA) is 84.9 Å². The lowest BCUT2D eigenvalue weighted by Crippen LogP contribution is -2.71. The Hall–Kier alpha value is -1.75. The highest BCUT2D eigenvalue weighted by Gasteiger charge is 2.54. The Morgan fingerprint density at radius 3 is 2.73 bits per heavy atom. The lowest BCUT2D eigenvalue weighted by atomic mass is 10.0. The van der Waals surface area contributed by atoms with E-state index in [9.17, 15) is 14.4 Å². The number of para-hydroxylation sites is 1. The maximum Gasteiger partial charge on any atom is 0.354 e. The van der Waals surface area contributed by atoms with Crippen LogP contribution in [-0.2, 0) is 19.1 Å². The second-order valence-corrected chi connectivity index (χ2v) is 7.50. The van der Waals surface area contributed by atoms with Crippen molar-refractivity contribution in [3.8, 4) is 5.75 Å². The molecule has 1 fully saturated rings. The van der Waals surface area contributed by atoms with Crippen LogP contribution in [0, 0.1) is 0 Å². The highest BCUT2D eigenvalue weighted by Crippen LogP contribution is 2.40. The van der Waals surface area contributed by atoms with Gasteiger partial charge in [0, 0.05) is 10.2 Å². The molecule has 2 atom stereocenters. The number of β-lactam (4-membered cyclic amide) rings is 1. The Kier molecular flexibility index (Phi) is 6.07. The van der Waals surface area contributed by atoms with Gasteiger partial charge in [-0.1, -0.05) is 40.8 Å². The molecule has 138 valence electrons. The number of benzene rings is 1. The third-order valence-electron chi connectivity index (χ3n) is 4.02. The Bertz CT molecular complexity index is 755. The van der Waals surface area contributed by atoms with Crippen molar-refractivity contribution in [2.75, 3.05) is 23.9 Å². The van der Waals surface area contributed by atoms with E-state index < -0.39 is 12.0 Å². The number of nitrogens with zero attached hydrogens (tertiary/aromatic N) is 1. The molecule has 1 saturated heterocycles. The highest BCUT2D eigenvalue weighted by atomic mass is 127. The predicted molar refractivity (Wildman–Crippen MR) is 105 cm³/mol. The van der Waals surface area contributed by atoms with Gasteiger partial charge in [-0.3, -0.25) is 14.5 Å². The van der Waals surface area contributed by atoms with E-state index in [0.29, 0.717) is 21.6 Å². The van der Waals surface area contributed by atoms with Crippen molar-refractivity contribution in [3.05, 3.63) is 41.6 Å².